The number of halogens is 1. The maximum absolute atomic E-state index is 12.5. The fourth-order valence-corrected chi connectivity index (χ4v) is 3.56. The first-order valence-corrected chi connectivity index (χ1v) is 7.34. The minimum Gasteiger partial charge on any atom is -0.343 e. The average Bonchev–Trinajstić information content (AvgIpc) is 3.00. The Balaban J connectivity index is 1.78. The molecule has 18 heavy (non-hydrogen) atoms. The van der Waals surface area contributed by atoms with Gasteiger partial charge in [-0.15, -0.1) is 0 Å². The summed E-state index contributed by atoms with van der Waals surface area (Å²) in [6.45, 7) is 6.83. The second kappa shape index (κ2) is 4.70. The van der Waals surface area contributed by atoms with Crippen LogP contribution in [0.1, 0.15) is 17.4 Å². The zero-order valence-corrected chi connectivity index (χ0v) is 12.1. The molecule has 1 amide bonds. The van der Waals surface area contributed by atoms with E-state index in [1.807, 2.05) is 21.7 Å². The van der Waals surface area contributed by atoms with Crippen molar-refractivity contribution in [3.8, 4) is 0 Å². The summed E-state index contributed by atoms with van der Waals surface area (Å²) in [5.74, 6) is 1.49. The van der Waals surface area contributed by atoms with Crippen LogP contribution in [-0.2, 0) is 6.54 Å². The Labute approximate surface area is 115 Å². The van der Waals surface area contributed by atoms with Crippen LogP contribution in [0.3, 0.4) is 0 Å². The van der Waals surface area contributed by atoms with Gasteiger partial charge in [-0.25, -0.2) is 0 Å². The number of rotatable bonds is 2. The molecule has 5 heteroatoms. The number of hydrogen-bond acceptors (Lipinski definition) is 2. The molecule has 1 aromatic rings. The second-order valence-corrected chi connectivity index (χ2v) is 6.13. The van der Waals surface area contributed by atoms with Crippen LogP contribution >= 0.6 is 15.9 Å². The summed E-state index contributed by atoms with van der Waals surface area (Å²) in [5.41, 5.74) is 0.803. The predicted octanol–water partition coefficient (Wildman–Crippen LogP) is 1.56. The smallest absolute Gasteiger partial charge is 0.270 e. The van der Waals surface area contributed by atoms with E-state index in [4.69, 9.17) is 0 Å². The van der Waals surface area contributed by atoms with Gasteiger partial charge in [-0.3, -0.25) is 4.79 Å². The molecule has 2 aliphatic heterocycles. The first-order chi connectivity index (χ1) is 8.69. The normalized spacial score (nSPS) is 26.7. The van der Waals surface area contributed by atoms with E-state index in [2.05, 4.69) is 28.2 Å². The number of aryl methyl sites for hydroxylation is 1. The summed E-state index contributed by atoms with van der Waals surface area (Å²) in [6, 6.07) is 1.93. The SMILES string of the molecule is CCn1cc(Br)cc1C(=O)N1C[C@H]2CNC[C@H]2C1. The molecule has 2 saturated heterocycles. The van der Waals surface area contributed by atoms with Crippen molar-refractivity contribution in [2.24, 2.45) is 11.8 Å². The first-order valence-electron chi connectivity index (χ1n) is 6.54. The molecule has 0 radical (unpaired) electrons. The third kappa shape index (κ3) is 1.99. The summed E-state index contributed by atoms with van der Waals surface area (Å²) < 4.78 is 2.99. The topological polar surface area (TPSA) is 37.3 Å². The maximum atomic E-state index is 12.5. The van der Waals surface area contributed by atoms with Crippen molar-refractivity contribution in [1.29, 1.82) is 0 Å². The highest BCUT2D eigenvalue weighted by molar-refractivity contribution is 9.10. The number of hydrogen-bond donors (Lipinski definition) is 1. The van der Waals surface area contributed by atoms with E-state index < -0.39 is 0 Å². The number of nitrogens with zero attached hydrogens (tertiary/aromatic N) is 2. The number of nitrogens with one attached hydrogen (secondary N) is 1. The molecule has 0 aliphatic carbocycles. The van der Waals surface area contributed by atoms with Gasteiger partial charge in [0.2, 0.25) is 0 Å². The summed E-state index contributed by atoms with van der Waals surface area (Å²) in [7, 11) is 0. The molecule has 0 bridgehead atoms. The molecule has 0 saturated carbocycles. The van der Waals surface area contributed by atoms with Crippen molar-refractivity contribution in [1.82, 2.24) is 14.8 Å². The molecule has 2 fully saturated rings. The van der Waals surface area contributed by atoms with Crippen LogP contribution in [0.4, 0.5) is 0 Å². The van der Waals surface area contributed by atoms with Gasteiger partial charge in [0.1, 0.15) is 5.69 Å². The van der Waals surface area contributed by atoms with Gasteiger partial charge in [0.25, 0.3) is 5.91 Å². The zero-order valence-electron chi connectivity index (χ0n) is 10.5. The number of fused-ring (bicyclic) bond motifs is 1. The molecule has 0 unspecified atom stereocenters. The van der Waals surface area contributed by atoms with Crippen molar-refractivity contribution < 1.29 is 4.79 Å². The lowest BCUT2D eigenvalue weighted by molar-refractivity contribution is 0.0771. The van der Waals surface area contributed by atoms with E-state index in [-0.39, 0.29) is 5.91 Å². The van der Waals surface area contributed by atoms with Crippen molar-refractivity contribution in [3.05, 3.63) is 22.4 Å². The minimum absolute atomic E-state index is 0.178. The summed E-state index contributed by atoms with van der Waals surface area (Å²) in [6.07, 6.45) is 1.98. The Bertz CT molecular complexity index is 459. The van der Waals surface area contributed by atoms with Crippen molar-refractivity contribution in [2.75, 3.05) is 26.2 Å². The predicted molar refractivity (Wildman–Crippen MR) is 73.6 cm³/mol. The molecule has 3 rings (SSSR count). The molecule has 0 aromatic carbocycles. The highest BCUT2D eigenvalue weighted by atomic mass is 79.9. The van der Waals surface area contributed by atoms with Crippen LogP contribution in [-0.4, -0.2) is 41.6 Å². The third-order valence-electron chi connectivity index (χ3n) is 4.10. The molecule has 2 aliphatic rings. The number of carbonyl (C=O) groups is 1. The summed E-state index contributed by atoms with van der Waals surface area (Å²) >= 11 is 3.45. The molecule has 4 nitrogen and oxygen atoms in total. The standard InChI is InChI=1S/C13H18BrN3O/c1-2-16-8-11(14)3-12(16)13(18)17-6-9-4-15-5-10(9)7-17/h3,8-10,15H,2,4-7H2,1H3/t9-,10+. The first kappa shape index (κ1) is 12.2. The lowest BCUT2D eigenvalue weighted by atomic mass is 10.0. The Morgan fingerprint density at radius 1 is 1.44 bits per heavy atom. The highest BCUT2D eigenvalue weighted by Gasteiger charge is 2.38. The van der Waals surface area contributed by atoms with Crippen LogP contribution in [0.5, 0.6) is 0 Å². The Morgan fingerprint density at radius 3 is 2.72 bits per heavy atom. The van der Waals surface area contributed by atoms with Gasteiger partial charge < -0.3 is 14.8 Å². The van der Waals surface area contributed by atoms with Gasteiger partial charge in [0, 0.05) is 43.4 Å². The van der Waals surface area contributed by atoms with Gasteiger partial charge in [0.05, 0.1) is 0 Å². The molecular weight excluding hydrogens is 294 g/mol. The largest absolute Gasteiger partial charge is 0.343 e. The van der Waals surface area contributed by atoms with Crippen molar-refractivity contribution in [3.63, 3.8) is 0 Å². The molecule has 0 spiro atoms. The van der Waals surface area contributed by atoms with E-state index >= 15 is 0 Å². The summed E-state index contributed by atoms with van der Waals surface area (Å²) in [4.78, 5) is 14.6. The van der Waals surface area contributed by atoms with Crippen LogP contribution in [0.2, 0.25) is 0 Å². The average molecular weight is 312 g/mol. The number of likely N-dealkylation sites (tertiary alicyclic amines) is 1. The Hall–Kier alpha value is -0.810. The van der Waals surface area contributed by atoms with Gasteiger partial charge in [-0.05, 0) is 40.8 Å². The molecular formula is C13H18BrN3O. The lowest BCUT2D eigenvalue weighted by Gasteiger charge is -2.18. The lowest BCUT2D eigenvalue weighted by Crippen LogP contribution is -2.33. The van der Waals surface area contributed by atoms with Crippen molar-refractivity contribution in [2.45, 2.75) is 13.5 Å². The Morgan fingerprint density at radius 2 is 2.11 bits per heavy atom. The van der Waals surface area contributed by atoms with E-state index in [1.165, 1.54) is 0 Å². The van der Waals surface area contributed by atoms with Crippen LogP contribution in [0.25, 0.3) is 0 Å². The van der Waals surface area contributed by atoms with Gasteiger partial charge in [-0.2, -0.15) is 0 Å². The van der Waals surface area contributed by atoms with Crippen LogP contribution < -0.4 is 5.32 Å². The number of carbonyl (C=O) groups excluding carboxylic acids is 1. The number of aromatic nitrogens is 1. The molecule has 98 valence electrons. The fraction of sp³-hybridized carbons (Fsp3) is 0.615. The third-order valence-corrected chi connectivity index (χ3v) is 4.53. The van der Waals surface area contributed by atoms with E-state index in [9.17, 15) is 4.79 Å². The minimum atomic E-state index is 0.178. The zero-order chi connectivity index (χ0) is 12.7. The molecule has 1 N–H and O–H groups in total. The quantitative estimate of drug-likeness (QED) is 0.900. The monoisotopic (exact) mass is 311 g/mol. The van der Waals surface area contributed by atoms with E-state index in [1.54, 1.807) is 0 Å². The molecule has 1 aromatic heterocycles. The van der Waals surface area contributed by atoms with Gasteiger partial charge in [-0.1, -0.05) is 0 Å². The van der Waals surface area contributed by atoms with E-state index in [0.717, 1.165) is 42.9 Å². The number of amides is 1. The second-order valence-electron chi connectivity index (χ2n) is 5.22. The van der Waals surface area contributed by atoms with Gasteiger partial charge >= 0.3 is 0 Å². The van der Waals surface area contributed by atoms with Crippen LogP contribution in [0.15, 0.2) is 16.7 Å². The Kier molecular flexibility index (Phi) is 3.20. The fourth-order valence-electron chi connectivity index (χ4n) is 3.10. The summed E-state index contributed by atoms with van der Waals surface area (Å²) in [5, 5.41) is 3.40. The maximum Gasteiger partial charge on any atom is 0.270 e. The van der Waals surface area contributed by atoms with E-state index in [0.29, 0.717) is 11.8 Å². The molecule has 3 heterocycles. The van der Waals surface area contributed by atoms with Crippen LogP contribution in [0, 0.1) is 11.8 Å². The molecule has 2 atom stereocenters. The highest BCUT2D eigenvalue weighted by Crippen LogP contribution is 2.28. The van der Waals surface area contributed by atoms with Gasteiger partial charge in [0.15, 0.2) is 0 Å². The van der Waals surface area contributed by atoms with Crippen molar-refractivity contribution >= 4 is 21.8 Å².